The molecule has 0 aliphatic carbocycles. The second kappa shape index (κ2) is 6.23. The molecule has 0 saturated carbocycles. The molecule has 3 nitrogen and oxygen atoms in total. The van der Waals surface area contributed by atoms with Gasteiger partial charge < -0.3 is 10.6 Å². The molecule has 0 spiro atoms. The summed E-state index contributed by atoms with van der Waals surface area (Å²) in [4.78, 5) is 12.0. The summed E-state index contributed by atoms with van der Waals surface area (Å²) in [6, 6.07) is 2.45. The molecule has 0 radical (unpaired) electrons. The van der Waals surface area contributed by atoms with Gasteiger partial charge >= 0.3 is 0 Å². The van der Waals surface area contributed by atoms with E-state index in [1.807, 2.05) is 0 Å². The van der Waals surface area contributed by atoms with E-state index in [1.54, 1.807) is 0 Å². The first kappa shape index (κ1) is 16.1. The number of fused-ring (bicyclic) bond motifs is 2. The zero-order valence-corrected chi connectivity index (χ0v) is 12.0. The van der Waals surface area contributed by atoms with Gasteiger partial charge in [0.15, 0.2) is 17.5 Å². The SMILES string of the molecule is Cl.O=C(NC1CC2CCC(C1)N2)c1ccc(F)c(F)c1F. The molecule has 0 aromatic heterocycles. The number of carbonyl (C=O) groups excluding carboxylic acids is 1. The fourth-order valence-corrected chi connectivity index (χ4v) is 3.14. The van der Waals surface area contributed by atoms with Crippen LogP contribution in [-0.2, 0) is 0 Å². The lowest BCUT2D eigenvalue weighted by atomic mass is 9.99. The Morgan fingerprint density at radius 1 is 1.10 bits per heavy atom. The van der Waals surface area contributed by atoms with Gasteiger partial charge in [-0.3, -0.25) is 4.79 Å². The molecule has 2 N–H and O–H groups in total. The van der Waals surface area contributed by atoms with E-state index in [4.69, 9.17) is 0 Å². The molecule has 2 heterocycles. The van der Waals surface area contributed by atoms with Gasteiger partial charge in [-0.1, -0.05) is 0 Å². The third-order valence-electron chi connectivity index (χ3n) is 4.09. The molecule has 7 heteroatoms. The van der Waals surface area contributed by atoms with Crippen LogP contribution >= 0.6 is 12.4 Å². The maximum Gasteiger partial charge on any atom is 0.254 e. The quantitative estimate of drug-likeness (QED) is 0.822. The van der Waals surface area contributed by atoms with Crippen molar-refractivity contribution in [3.05, 3.63) is 35.1 Å². The second-order valence-electron chi connectivity index (χ2n) is 5.50. The average Bonchev–Trinajstić information content (AvgIpc) is 2.75. The lowest BCUT2D eigenvalue weighted by Gasteiger charge is -2.29. The van der Waals surface area contributed by atoms with Crippen molar-refractivity contribution in [1.29, 1.82) is 0 Å². The van der Waals surface area contributed by atoms with Crippen molar-refractivity contribution < 1.29 is 18.0 Å². The standard InChI is InChI=1S/C14H15F3N2O.ClH/c15-11-4-3-10(12(16)13(11)17)14(20)19-9-5-7-1-2-8(6-9)18-7;/h3-4,7-9,18H,1-2,5-6H2,(H,19,20);1H. The molecule has 2 aliphatic rings. The van der Waals surface area contributed by atoms with E-state index in [2.05, 4.69) is 10.6 Å². The van der Waals surface area contributed by atoms with Crippen LogP contribution in [0.15, 0.2) is 12.1 Å². The average molecular weight is 321 g/mol. The maximum atomic E-state index is 13.5. The van der Waals surface area contributed by atoms with Crippen LogP contribution in [0, 0.1) is 17.5 Å². The number of hydrogen-bond donors (Lipinski definition) is 2. The van der Waals surface area contributed by atoms with Gasteiger partial charge in [-0.25, -0.2) is 13.2 Å². The Labute approximate surface area is 126 Å². The highest BCUT2D eigenvalue weighted by Gasteiger charge is 2.34. The summed E-state index contributed by atoms with van der Waals surface area (Å²) in [6.45, 7) is 0. The first-order valence-corrected chi connectivity index (χ1v) is 6.75. The highest BCUT2D eigenvalue weighted by atomic mass is 35.5. The molecule has 2 saturated heterocycles. The van der Waals surface area contributed by atoms with E-state index in [0.717, 1.165) is 37.8 Å². The molecule has 3 rings (SSSR count). The zero-order valence-electron chi connectivity index (χ0n) is 11.2. The third-order valence-corrected chi connectivity index (χ3v) is 4.09. The van der Waals surface area contributed by atoms with E-state index in [9.17, 15) is 18.0 Å². The van der Waals surface area contributed by atoms with Crippen LogP contribution in [-0.4, -0.2) is 24.0 Å². The number of nitrogens with one attached hydrogen (secondary N) is 2. The molecule has 21 heavy (non-hydrogen) atoms. The predicted molar refractivity (Wildman–Crippen MR) is 74.0 cm³/mol. The number of carbonyl (C=O) groups is 1. The van der Waals surface area contributed by atoms with Crippen LogP contribution in [0.4, 0.5) is 13.2 Å². The summed E-state index contributed by atoms with van der Waals surface area (Å²) < 4.78 is 39.5. The molecule has 2 fully saturated rings. The molecule has 2 bridgehead atoms. The molecule has 2 atom stereocenters. The summed E-state index contributed by atoms with van der Waals surface area (Å²) in [7, 11) is 0. The van der Waals surface area contributed by atoms with E-state index in [1.165, 1.54) is 0 Å². The highest BCUT2D eigenvalue weighted by Crippen LogP contribution is 2.27. The topological polar surface area (TPSA) is 41.1 Å². The first-order valence-electron chi connectivity index (χ1n) is 6.75. The number of halogens is 4. The molecule has 1 aromatic rings. The van der Waals surface area contributed by atoms with Crippen LogP contribution in [0.3, 0.4) is 0 Å². The first-order chi connectivity index (χ1) is 9.54. The van der Waals surface area contributed by atoms with Crippen molar-refractivity contribution >= 4 is 18.3 Å². The highest BCUT2D eigenvalue weighted by molar-refractivity contribution is 5.94. The van der Waals surface area contributed by atoms with Crippen molar-refractivity contribution in [2.45, 2.75) is 43.8 Å². The van der Waals surface area contributed by atoms with Crippen molar-refractivity contribution in [3.8, 4) is 0 Å². The number of benzene rings is 1. The van der Waals surface area contributed by atoms with Gasteiger partial charge in [0.1, 0.15) is 0 Å². The lowest BCUT2D eigenvalue weighted by molar-refractivity contribution is 0.0918. The lowest BCUT2D eigenvalue weighted by Crippen LogP contribution is -2.48. The summed E-state index contributed by atoms with van der Waals surface area (Å²) in [5, 5.41) is 6.14. The number of hydrogen-bond acceptors (Lipinski definition) is 2. The largest absolute Gasteiger partial charge is 0.349 e. The summed E-state index contributed by atoms with van der Waals surface area (Å²) in [6.07, 6.45) is 3.73. The van der Waals surface area contributed by atoms with Crippen LogP contribution in [0.5, 0.6) is 0 Å². The number of piperidine rings is 1. The third kappa shape index (κ3) is 3.16. The van der Waals surface area contributed by atoms with E-state index in [0.29, 0.717) is 12.1 Å². The Morgan fingerprint density at radius 2 is 1.71 bits per heavy atom. The van der Waals surface area contributed by atoms with Gasteiger partial charge in [-0.05, 0) is 37.8 Å². The monoisotopic (exact) mass is 320 g/mol. The molecular weight excluding hydrogens is 305 g/mol. The summed E-state index contributed by atoms with van der Waals surface area (Å²) >= 11 is 0. The molecular formula is C14H16ClF3N2O. The normalized spacial score (nSPS) is 27.1. The summed E-state index contributed by atoms with van der Waals surface area (Å²) in [5.74, 6) is -5.02. The van der Waals surface area contributed by atoms with Crippen molar-refractivity contribution in [2.75, 3.05) is 0 Å². The molecule has 116 valence electrons. The predicted octanol–water partition coefficient (Wildman–Crippen LogP) is 2.54. The van der Waals surface area contributed by atoms with Crippen LogP contribution in [0.2, 0.25) is 0 Å². The molecule has 2 aliphatic heterocycles. The zero-order chi connectivity index (χ0) is 14.3. The van der Waals surface area contributed by atoms with E-state index in [-0.39, 0.29) is 18.4 Å². The van der Waals surface area contributed by atoms with Gasteiger partial charge in [-0.15, -0.1) is 12.4 Å². The minimum atomic E-state index is -1.61. The van der Waals surface area contributed by atoms with Crippen LogP contribution in [0.1, 0.15) is 36.0 Å². The van der Waals surface area contributed by atoms with Gasteiger partial charge in [0.05, 0.1) is 5.56 Å². The minimum Gasteiger partial charge on any atom is -0.349 e. The smallest absolute Gasteiger partial charge is 0.254 e. The van der Waals surface area contributed by atoms with E-state index < -0.39 is 28.9 Å². The van der Waals surface area contributed by atoms with Crippen molar-refractivity contribution in [3.63, 3.8) is 0 Å². The minimum absolute atomic E-state index is 0. The molecule has 2 unspecified atom stereocenters. The van der Waals surface area contributed by atoms with Gasteiger partial charge in [0, 0.05) is 18.1 Å². The Morgan fingerprint density at radius 3 is 2.33 bits per heavy atom. The van der Waals surface area contributed by atoms with E-state index >= 15 is 0 Å². The van der Waals surface area contributed by atoms with Gasteiger partial charge in [0.2, 0.25) is 0 Å². The Bertz CT molecular complexity index is 543. The fraction of sp³-hybridized carbons (Fsp3) is 0.500. The molecule has 1 amide bonds. The molecule has 1 aromatic carbocycles. The van der Waals surface area contributed by atoms with Crippen LogP contribution < -0.4 is 10.6 Å². The summed E-state index contributed by atoms with van der Waals surface area (Å²) in [5.41, 5.74) is -0.449. The van der Waals surface area contributed by atoms with Crippen molar-refractivity contribution in [2.24, 2.45) is 0 Å². The van der Waals surface area contributed by atoms with Crippen LogP contribution in [0.25, 0.3) is 0 Å². The second-order valence-corrected chi connectivity index (χ2v) is 5.50. The fourth-order valence-electron chi connectivity index (χ4n) is 3.14. The number of rotatable bonds is 2. The Balaban J connectivity index is 0.00000161. The van der Waals surface area contributed by atoms with Gasteiger partial charge in [0.25, 0.3) is 5.91 Å². The number of amides is 1. The maximum absolute atomic E-state index is 13.5. The Hall–Kier alpha value is -1.27. The Kier molecular flexibility index (Phi) is 4.78. The van der Waals surface area contributed by atoms with Crippen molar-refractivity contribution in [1.82, 2.24) is 10.6 Å². The van der Waals surface area contributed by atoms with Gasteiger partial charge in [-0.2, -0.15) is 0 Å².